The van der Waals surface area contributed by atoms with E-state index < -0.39 is 0 Å². The molecule has 8 heteroatoms. The van der Waals surface area contributed by atoms with E-state index in [0.29, 0.717) is 45.9 Å². The highest BCUT2D eigenvalue weighted by molar-refractivity contribution is 5.83. The number of amides is 3. The first-order valence-corrected chi connectivity index (χ1v) is 8.15. The van der Waals surface area contributed by atoms with Crippen LogP contribution in [0.1, 0.15) is 20.3 Å². The van der Waals surface area contributed by atoms with E-state index in [-0.39, 0.29) is 36.3 Å². The van der Waals surface area contributed by atoms with E-state index in [0.717, 1.165) is 0 Å². The smallest absolute Gasteiger partial charge is 0.239 e. The van der Waals surface area contributed by atoms with Crippen molar-refractivity contribution in [1.82, 2.24) is 20.4 Å². The Morgan fingerprint density at radius 2 is 1.83 bits per heavy atom. The molecule has 0 aromatic carbocycles. The van der Waals surface area contributed by atoms with E-state index in [1.807, 2.05) is 6.92 Å². The second-order valence-electron chi connectivity index (χ2n) is 5.94. The van der Waals surface area contributed by atoms with Crippen molar-refractivity contribution >= 4 is 17.7 Å². The lowest BCUT2D eigenvalue weighted by Gasteiger charge is -2.34. The summed E-state index contributed by atoms with van der Waals surface area (Å²) in [7, 11) is 0. The lowest BCUT2D eigenvalue weighted by atomic mass is 10.1. The van der Waals surface area contributed by atoms with Gasteiger partial charge in [0.1, 0.15) is 6.04 Å². The molecule has 23 heavy (non-hydrogen) atoms. The Bertz CT molecular complexity index is 449. The molecule has 2 rings (SSSR count). The van der Waals surface area contributed by atoms with Gasteiger partial charge >= 0.3 is 0 Å². The number of nitrogens with one attached hydrogen (secondary N) is 2. The summed E-state index contributed by atoms with van der Waals surface area (Å²) in [6, 6.07) is -0.363. The molecule has 0 saturated carbocycles. The molecule has 2 aliphatic rings. The van der Waals surface area contributed by atoms with Crippen molar-refractivity contribution in [2.45, 2.75) is 32.4 Å². The number of rotatable bonds is 4. The van der Waals surface area contributed by atoms with Gasteiger partial charge in [0, 0.05) is 52.6 Å². The molecule has 2 aliphatic heterocycles. The minimum absolute atomic E-state index is 0.00871. The minimum atomic E-state index is -0.363. The maximum absolute atomic E-state index is 12.1. The Balaban J connectivity index is 1.67. The predicted molar refractivity (Wildman–Crippen MR) is 83.7 cm³/mol. The lowest BCUT2D eigenvalue weighted by molar-refractivity contribution is -0.138. The summed E-state index contributed by atoms with van der Waals surface area (Å²) in [5, 5.41) is 5.90. The highest BCUT2D eigenvalue weighted by atomic mass is 16.5. The van der Waals surface area contributed by atoms with E-state index in [2.05, 4.69) is 10.6 Å². The number of piperazine rings is 1. The molecule has 2 atom stereocenters. The molecule has 0 aromatic heterocycles. The van der Waals surface area contributed by atoms with Crippen LogP contribution in [0.5, 0.6) is 0 Å². The van der Waals surface area contributed by atoms with Crippen molar-refractivity contribution in [2.24, 2.45) is 0 Å². The van der Waals surface area contributed by atoms with Crippen molar-refractivity contribution in [3.05, 3.63) is 0 Å². The summed E-state index contributed by atoms with van der Waals surface area (Å²) in [4.78, 5) is 38.9. The maximum Gasteiger partial charge on any atom is 0.239 e. The molecule has 2 saturated heterocycles. The van der Waals surface area contributed by atoms with Crippen molar-refractivity contribution in [3.63, 3.8) is 0 Å². The largest absolute Gasteiger partial charge is 0.375 e. The fourth-order valence-corrected chi connectivity index (χ4v) is 2.86. The van der Waals surface area contributed by atoms with Gasteiger partial charge in [0.2, 0.25) is 17.7 Å². The fourth-order valence-electron chi connectivity index (χ4n) is 2.86. The van der Waals surface area contributed by atoms with Crippen LogP contribution in [0, 0.1) is 0 Å². The third kappa shape index (κ3) is 4.90. The van der Waals surface area contributed by atoms with Crippen LogP contribution in [-0.4, -0.2) is 85.5 Å². The second kappa shape index (κ2) is 8.26. The first-order valence-electron chi connectivity index (χ1n) is 8.15. The highest BCUT2D eigenvalue weighted by Crippen LogP contribution is 2.05. The Kier molecular flexibility index (Phi) is 6.35. The van der Waals surface area contributed by atoms with Crippen molar-refractivity contribution in [2.75, 3.05) is 45.9 Å². The van der Waals surface area contributed by atoms with E-state index in [1.54, 1.807) is 9.80 Å². The number of morpholine rings is 1. The SMILES string of the molecule is CC(=O)N1CCN(C(=O)CCNC(=O)[C@H]2NCCO[C@@H]2C)CC1. The van der Waals surface area contributed by atoms with Crippen LogP contribution >= 0.6 is 0 Å². The highest BCUT2D eigenvalue weighted by Gasteiger charge is 2.28. The third-order valence-electron chi connectivity index (χ3n) is 4.31. The van der Waals surface area contributed by atoms with Gasteiger partial charge in [0.15, 0.2) is 0 Å². The zero-order valence-corrected chi connectivity index (χ0v) is 13.8. The molecular formula is C15H26N4O4. The summed E-state index contributed by atoms with van der Waals surface area (Å²) in [5.74, 6) is -0.0820. The van der Waals surface area contributed by atoms with Gasteiger partial charge in [-0.15, -0.1) is 0 Å². The van der Waals surface area contributed by atoms with Crippen LogP contribution < -0.4 is 10.6 Å². The Labute approximate surface area is 136 Å². The van der Waals surface area contributed by atoms with E-state index >= 15 is 0 Å². The van der Waals surface area contributed by atoms with Gasteiger partial charge in [-0.25, -0.2) is 0 Å². The first kappa shape index (κ1) is 17.7. The molecule has 0 aliphatic carbocycles. The molecule has 2 fully saturated rings. The first-order chi connectivity index (χ1) is 11.0. The van der Waals surface area contributed by atoms with Crippen molar-refractivity contribution < 1.29 is 19.1 Å². The Morgan fingerprint density at radius 3 is 2.43 bits per heavy atom. The molecular weight excluding hydrogens is 300 g/mol. The van der Waals surface area contributed by atoms with Crippen LogP contribution in [-0.2, 0) is 19.1 Å². The van der Waals surface area contributed by atoms with Gasteiger partial charge in [0.05, 0.1) is 12.7 Å². The predicted octanol–water partition coefficient (Wildman–Crippen LogP) is -1.44. The number of nitrogens with zero attached hydrogens (tertiary/aromatic N) is 2. The molecule has 0 radical (unpaired) electrons. The van der Waals surface area contributed by atoms with Crippen LogP contribution in [0.2, 0.25) is 0 Å². The van der Waals surface area contributed by atoms with E-state index in [1.165, 1.54) is 6.92 Å². The van der Waals surface area contributed by atoms with Gasteiger partial charge < -0.3 is 25.2 Å². The molecule has 0 aromatic rings. The molecule has 130 valence electrons. The van der Waals surface area contributed by atoms with Crippen LogP contribution in [0.4, 0.5) is 0 Å². The summed E-state index contributed by atoms with van der Waals surface area (Å²) >= 11 is 0. The zero-order valence-electron chi connectivity index (χ0n) is 13.8. The van der Waals surface area contributed by atoms with Gasteiger partial charge in [-0.3, -0.25) is 14.4 Å². The Hall–Kier alpha value is -1.67. The van der Waals surface area contributed by atoms with E-state index in [4.69, 9.17) is 4.74 Å². The van der Waals surface area contributed by atoms with Gasteiger partial charge in [-0.2, -0.15) is 0 Å². The minimum Gasteiger partial charge on any atom is -0.375 e. The molecule has 2 N–H and O–H groups in total. The molecule has 8 nitrogen and oxygen atoms in total. The number of carbonyl (C=O) groups is 3. The summed E-state index contributed by atoms with van der Waals surface area (Å²) in [5.41, 5.74) is 0. The average Bonchev–Trinajstić information content (AvgIpc) is 2.55. The van der Waals surface area contributed by atoms with Crippen molar-refractivity contribution in [1.29, 1.82) is 0 Å². The summed E-state index contributed by atoms with van der Waals surface area (Å²) in [6.45, 7) is 7.24. The van der Waals surface area contributed by atoms with Gasteiger partial charge in [0.25, 0.3) is 0 Å². The van der Waals surface area contributed by atoms with Gasteiger partial charge in [-0.1, -0.05) is 0 Å². The number of carbonyl (C=O) groups excluding carboxylic acids is 3. The maximum atomic E-state index is 12.1. The molecule has 0 spiro atoms. The van der Waals surface area contributed by atoms with Crippen LogP contribution in [0.15, 0.2) is 0 Å². The standard InChI is InChI=1S/C15H26N4O4/c1-11-14(16-5-10-23-11)15(22)17-4-3-13(21)19-8-6-18(7-9-19)12(2)20/h11,14,16H,3-10H2,1-2H3,(H,17,22)/t11-,14+/m1/s1. The zero-order chi connectivity index (χ0) is 16.8. The summed E-state index contributed by atoms with van der Waals surface area (Å²) in [6.07, 6.45) is 0.104. The summed E-state index contributed by atoms with van der Waals surface area (Å²) < 4.78 is 5.43. The van der Waals surface area contributed by atoms with Crippen LogP contribution in [0.25, 0.3) is 0 Å². The number of hydrogen-bond acceptors (Lipinski definition) is 5. The topological polar surface area (TPSA) is 91.0 Å². The van der Waals surface area contributed by atoms with Crippen molar-refractivity contribution in [3.8, 4) is 0 Å². The third-order valence-corrected chi connectivity index (χ3v) is 4.31. The van der Waals surface area contributed by atoms with Crippen LogP contribution in [0.3, 0.4) is 0 Å². The average molecular weight is 326 g/mol. The Morgan fingerprint density at radius 1 is 1.17 bits per heavy atom. The van der Waals surface area contributed by atoms with Gasteiger partial charge in [-0.05, 0) is 6.92 Å². The number of hydrogen-bond donors (Lipinski definition) is 2. The molecule has 0 unspecified atom stereocenters. The number of ether oxygens (including phenoxy) is 1. The molecule has 3 amide bonds. The lowest BCUT2D eigenvalue weighted by Crippen LogP contribution is -2.56. The fraction of sp³-hybridized carbons (Fsp3) is 0.800. The second-order valence-corrected chi connectivity index (χ2v) is 5.94. The molecule has 0 bridgehead atoms. The monoisotopic (exact) mass is 326 g/mol. The normalized spacial score (nSPS) is 25.1. The quantitative estimate of drug-likeness (QED) is 0.660. The molecule has 2 heterocycles. The van der Waals surface area contributed by atoms with E-state index in [9.17, 15) is 14.4 Å².